The fourth-order valence-corrected chi connectivity index (χ4v) is 1.92. The maximum Gasteiger partial charge on any atom is 0.251 e. The van der Waals surface area contributed by atoms with Crippen LogP contribution in [-0.4, -0.2) is 18.3 Å². The topological polar surface area (TPSA) is 69.4 Å². The maximum absolute atomic E-state index is 13.5. The van der Waals surface area contributed by atoms with E-state index in [1.165, 1.54) is 12.1 Å². The summed E-state index contributed by atoms with van der Waals surface area (Å²) in [6.45, 7) is -0.225. The molecule has 0 aliphatic heterocycles. The van der Waals surface area contributed by atoms with Crippen molar-refractivity contribution in [1.82, 2.24) is 0 Å². The summed E-state index contributed by atoms with van der Waals surface area (Å²) in [4.78, 5) is 22.8. The maximum atomic E-state index is 13.5. The Labute approximate surface area is 128 Å². The van der Waals surface area contributed by atoms with Gasteiger partial charge in [-0.3, -0.25) is 9.59 Å². The zero-order valence-corrected chi connectivity index (χ0v) is 12.4. The van der Waals surface area contributed by atoms with Crippen molar-refractivity contribution in [2.24, 2.45) is 5.73 Å². The average Bonchev–Trinajstić information content (AvgIpc) is 2.45. The normalized spacial score (nSPS) is 10.2. The van der Waals surface area contributed by atoms with Crippen molar-refractivity contribution >= 4 is 27.6 Å². The summed E-state index contributed by atoms with van der Waals surface area (Å²) in [7, 11) is 0. The molecule has 0 unspecified atom stereocenters. The standard InChI is InChI=1S/C15H11BrFNO3/c16-10-3-1-9(2-4-10)14(19)8-21-11-5-6-12(15(18)20)13(17)7-11/h1-7H,8H2,(H2,18,20). The van der Waals surface area contributed by atoms with Gasteiger partial charge in [0.05, 0.1) is 5.56 Å². The SMILES string of the molecule is NC(=O)c1ccc(OCC(=O)c2ccc(Br)cc2)cc1F. The summed E-state index contributed by atoms with van der Waals surface area (Å²) < 4.78 is 19.6. The Morgan fingerprint density at radius 1 is 1.14 bits per heavy atom. The van der Waals surface area contributed by atoms with Gasteiger partial charge in [0.15, 0.2) is 12.4 Å². The van der Waals surface area contributed by atoms with Gasteiger partial charge in [0.2, 0.25) is 0 Å². The lowest BCUT2D eigenvalue weighted by Gasteiger charge is -2.07. The van der Waals surface area contributed by atoms with E-state index in [4.69, 9.17) is 10.5 Å². The van der Waals surface area contributed by atoms with Gasteiger partial charge in [0.25, 0.3) is 5.91 Å². The number of hydrogen-bond donors (Lipinski definition) is 1. The first-order valence-corrected chi connectivity index (χ1v) is 6.77. The predicted octanol–water partition coefficient (Wildman–Crippen LogP) is 2.95. The van der Waals surface area contributed by atoms with Crippen LogP contribution in [0.1, 0.15) is 20.7 Å². The van der Waals surface area contributed by atoms with Crippen LogP contribution in [-0.2, 0) is 0 Å². The molecule has 0 aromatic heterocycles. The van der Waals surface area contributed by atoms with Gasteiger partial charge >= 0.3 is 0 Å². The van der Waals surface area contributed by atoms with Gasteiger partial charge < -0.3 is 10.5 Å². The van der Waals surface area contributed by atoms with E-state index in [9.17, 15) is 14.0 Å². The van der Waals surface area contributed by atoms with Crippen molar-refractivity contribution in [3.63, 3.8) is 0 Å². The molecule has 2 N–H and O–H groups in total. The summed E-state index contributed by atoms with van der Waals surface area (Å²) in [6, 6.07) is 10.4. The second-order valence-corrected chi connectivity index (χ2v) is 5.14. The van der Waals surface area contributed by atoms with Crippen LogP contribution >= 0.6 is 15.9 Å². The third-order valence-electron chi connectivity index (χ3n) is 2.74. The van der Waals surface area contributed by atoms with Crippen molar-refractivity contribution in [2.75, 3.05) is 6.61 Å². The zero-order valence-electron chi connectivity index (χ0n) is 10.8. The average molecular weight is 352 g/mol. The number of amides is 1. The molecule has 0 aliphatic rings. The molecule has 0 atom stereocenters. The Bertz CT molecular complexity index is 686. The Morgan fingerprint density at radius 3 is 2.38 bits per heavy atom. The summed E-state index contributed by atoms with van der Waals surface area (Å²) in [5.41, 5.74) is 5.27. The number of nitrogens with two attached hydrogens (primary N) is 1. The van der Waals surface area contributed by atoms with E-state index in [1.54, 1.807) is 24.3 Å². The Morgan fingerprint density at radius 2 is 1.81 bits per heavy atom. The van der Waals surface area contributed by atoms with E-state index < -0.39 is 11.7 Å². The van der Waals surface area contributed by atoms with Crippen LogP contribution in [0.4, 0.5) is 4.39 Å². The zero-order chi connectivity index (χ0) is 15.4. The minimum Gasteiger partial charge on any atom is -0.485 e. The van der Waals surface area contributed by atoms with E-state index in [-0.39, 0.29) is 23.7 Å². The number of ketones is 1. The number of halogens is 2. The molecule has 6 heteroatoms. The monoisotopic (exact) mass is 351 g/mol. The van der Waals surface area contributed by atoms with Gasteiger partial charge in [-0.1, -0.05) is 28.1 Å². The summed E-state index contributed by atoms with van der Waals surface area (Å²) in [5.74, 6) is -1.72. The van der Waals surface area contributed by atoms with E-state index in [1.807, 2.05) is 0 Å². The number of carbonyl (C=O) groups excluding carboxylic acids is 2. The van der Waals surface area contributed by atoms with Crippen LogP contribution in [0.15, 0.2) is 46.9 Å². The molecule has 0 aliphatic carbocycles. The van der Waals surface area contributed by atoms with Crippen LogP contribution in [0.5, 0.6) is 5.75 Å². The molecule has 2 aromatic rings. The molecule has 1 amide bonds. The minimum atomic E-state index is -0.856. The fraction of sp³-hybridized carbons (Fsp3) is 0.0667. The van der Waals surface area contributed by atoms with Crippen LogP contribution in [0.25, 0.3) is 0 Å². The fourth-order valence-electron chi connectivity index (χ4n) is 1.65. The van der Waals surface area contributed by atoms with Gasteiger partial charge in [-0.15, -0.1) is 0 Å². The quantitative estimate of drug-likeness (QED) is 0.842. The highest BCUT2D eigenvalue weighted by molar-refractivity contribution is 9.10. The third-order valence-corrected chi connectivity index (χ3v) is 3.27. The third kappa shape index (κ3) is 3.88. The van der Waals surface area contributed by atoms with Crippen LogP contribution < -0.4 is 10.5 Å². The molecule has 0 spiro atoms. The highest BCUT2D eigenvalue weighted by Gasteiger charge is 2.11. The molecule has 0 saturated heterocycles. The lowest BCUT2D eigenvalue weighted by molar-refractivity contribution is 0.0919. The number of rotatable bonds is 5. The number of carbonyl (C=O) groups is 2. The Balaban J connectivity index is 2.03. The highest BCUT2D eigenvalue weighted by Crippen LogP contribution is 2.17. The summed E-state index contributed by atoms with van der Waals surface area (Å²) in [5, 5.41) is 0. The van der Waals surface area contributed by atoms with E-state index in [0.29, 0.717) is 5.56 Å². The van der Waals surface area contributed by atoms with E-state index in [0.717, 1.165) is 10.5 Å². The lowest BCUT2D eigenvalue weighted by atomic mass is 10.1. The molecule has 108 valence electrons. The van der Waals surface area contributed by atoms with Gasteiger partial charge in [-0.05, 0) is 24.3 Å². The van der Waals surface area contributed by atoms with Crippen molar-refractivity contribution < 1.29 is 18.7 Å². The van der Waals surface area contributed by atoms with Crippen molar-refractivity contribution in [1.29, 1.82) is 0 Å². The largest absolute Gasteiger partial charge is 0.485 e. The van der Waals surface area contributed by atoms with Crippen molar-refractivity contribution in [3.8, 4) is 5.75 Å². The molecule has 21 heavy (non-hydrogen) atoms. The number of ether oxygens (including phenoxy) is 1. The molecule has 4 nitrogen and oxygen atoms in total. The van der Waals surface area contributed by atoms with E-state index in [2.05, 4.69) is 15.9 Å². The second kappa shape index (κ2) is 6.49. The van der Waals surface area contributed by atoms with Crippen LogP contribution in [0, 0.1) is 5.82 Å². The summed E-state index contributed by atoms with van der Waals surface area (Å²) >= 11 is 3.27. The van der Waals surface area contributed by atoms with Crippen molar-refractivity contribution in [3.05, 3.63) is 63.9 Å². The summed E-state index contributed by atoms with van der Waals surface area (Å²) in [6.07, 6.45) is 0. The number of primary amides is 1. The smallest absolute Gasteiger partial charge is 0.251 e. The first-order valence-electron chi connectivity index (χ1n) is 5.98. The van der Waals surface area contributed by atoms with Crippen LogP contribution in [0.2, 0.25) is 0 Å². The first-order chi connectivity index (χ1) is 9.97. The predicted molar refractivity (Wildman–Crippen MR) is 78.9 cm³/mol. The van der Waals surface area contributed by atoms with Gasteiger partial charge in [0.1, 0.15) is 11.6 Å². The molecule has 2 rings (SSSR count). The number of Topliss-reactive ketones (excluding diaryl/α,β-unsaturated/α-hetero) is 1. The second-order valence-electron chi connectivity index (χ2n) is 4.22. The van der Waals surface area contributed by atoms with Crippen LogP contribution in [0.3, 0.4) is 0 Å². The number of hydrogen-bond acceptors (Lipinski definition) is 3. The van der Waals surface area contributed by atoms with Gasteiger partial charge in [0, 0.05) is 16.1 Å². The van der Waals surface area contributed by atoms with E-state index >= 15 is 0 Å². The minimum absolute atomic E-state index is 0.156. The molecular formula is C15H11BrFNO3. The first kappa shape index (κ1) is 15.2. The molecule has 0 bridgehead atoms. The molecule has 0 heterocycles. The molecular weight excluding hydrogens is 341 g/mol. The molecule has 0 fully saturated rings. The number of benzene rings is 2. The Hall–Kier alpha value is -2.21. The lowest BCUT2D eigenvalue weighted by Crippen LogP contribution is -2.14. The van der Waals surface area contributed by atoms with Crippen molar-refractivity contribution in [2.45, 2.75) is 0 Å². The molecule has 2 aromatic carbocycles. The van der Waals surface area contributed by atoms with Gasteiger partial charge in [-0.2, -0.15) is 0 Å². The molecule has 0 radical (unpaired) electrons. The Kier molecular flexibility index (Phi) is 4.70. The highest BCUT2D eigenvalue weighted by atomic mass is 79.9. The van der Waals surface area contributed by atoms with Gasteiger partial charge in [-0.25, -0.2) is 4.39 Å². The molecule has 0 saturated carbocycles.